The quantitative estimate of drug-likeness (QED) is 0.104. The molecule has 2 nitrogen and oxygen atoms in total. The maximum atomic E-state index is 2.49. The molecular formula is C58H42N2Si. The lowest BCUT2D eigenvalue weighted by Crippen LogP contribution is -2.74. The standard InChI is InChI=1S/C58H42N2Si/c1-5-22-45(23-6-1)60-55-35-16-15-33-54(55)58-56(36-19-37-57(58)60)59(46-40-38-44(39-41-46)53-34-17-21-43-20-13-14-32-52(43)53)47-24-18-31-51(42-47)61(48-25-7-2-8-26-48,49-27-9-3-10-28-49)50-29-11-4-12-30-50/h1-42H. The van der Waals surface area contributed by atoms with E-state index in [1.54, 1.807) is 0 Å². The number of aromatic nitrogens is 1. The molecule has 10 aromatic carbocycles. The highest BCUT2D eigenvalue weighted by Gasteiger charge is 2.41. The van der Waals surface area contributed by atoms with Crippen molar-refractivity contribution in [1.29, 1.82) is 0 Å². The third-order valence-corrected chi connectivity index (χ3v) is 17.1. The van der Waals surface area contributed by atoms with Crippen LogP contribution in [0.1, 0.15) is 0 Å². The fourth-order valence-electron chi connectivity index (χ4n) is 9.68. The molecule has 61 heavy (non-hydrogen) atoms. The molecule has 0 N–H and O–H groups in total. The molecule has 0 bridgehead atoms. The summed E-state index contributed by atoms with van der Waals surface area (Å²) in [5.74, 6) is 0. The highest BCUT2D eigenvalue weighted by molar-refractivity contribution is 7.19. The lowest BCUT2D eigenvalue weighted by atomic mass is 9.98. The molecule has 3 heteroatoms. The molecule has 0 saturated heterocycles. The lowest BCUT2D eigenvalue weighted by Gasteiger charge is -2.35. The number of rotatable bonds is 9. The Kier molecular flexibility index (Phi) is 9.22. The van der Waals surface area contributed by atoms with Crippen molar-refractivity contribution in [3.05, 3.63) is 255 Å². The minimum absolute atomic E-state index is 1.09. The zero-order valence-corrected chi connectivity index (χ0v) is 34.6. The second-order valence-electron chi connectivity index (χ2n) is 15.7. The maximum absolute atomic E-state index is 2.83. The summed E-state index contributed by atoms with van der Waals surface area (Å²) < 4.78 is 2.41. The summed E-state index contributed by atoms with van der Waals surface area (Å²) >= 11 is 0. The van der Waals surface area contributed by atoms with Crippen molar-refractivity contribution in [2.75, 3.05) is 4.90 Å². The van der Waals surface area contributed by atoms with E-state index in [-0.39, 0.29) is 0 Å². The number of fused-ring (bicyclic) bond motifs is 4. The van der Waals surface area contributed by atoms with Crippen molar-refractivity contribution in [3.8, 4) is 16.8 Å². The predicted octanol–water partition coefficient (Wildman–Crippen LogP) is 12.5. The molecule has 0 unspecified atom stereocenters. The number of hydrogen-bond donors (Lipinski definition) is 0. The Morgan fingerprint density at radius 2 is 0.852 bits per heavy atom. The number of anilines is 3. The van der Waals surface area contributed by atoms with Crippen molar-refractivity contribution in [1.82, 2.24) is 4.57 Å². The summed E-state index contributed by atoms with van der Waals surface area (Å²) in [5, 5.41) is 10.3. The Labute approximate surface area is 357 Å². The van der Waals surface area contributed by atoms with Gasteiger partial charge in [0.05, 0.1) is 16.7 Å². The normalized spacial score (nSPS) is 11.6. The first-order valence-corrected chi connectivity index (χ1v) is 23.0. The Bertz CT molecular complexity index is 3180. The van der Waals surface area contributed by atoms with Crippen LogP contribution in [0.25, 0.3) is 49.4 Å². The van der Waals surface area contributed by atoms with E-state index in [0.29, 0.717) is 0 Å². The van der Waals surface area contributed by atoms with Gasteiger partial charge in [-0.3, -0.25) is 0 Å². The molecule has 0 saturated carbocycles. The van der Waals surface area contributed by atoms with Gasteiger partial charge in [0.1, 0.15) is 0 Å². The van der Waals surface area contributed by atoms with Crippen LogP contribution in [0, 0.1) is 0 Å². The smallest absolute Gasteiger partial charge is 0.179 e. The predicted molar refractivity (Wildman–Crippen MR) is 262 cm³/mol. The number of benzene rings is 10. The topological polar surface area (TPSA) is 8.17 Å². The van der Waals surface area contributed by atoms with Gasteiger partial charge >= 0.3 is 0 Å². The summed E-state index contributed by atoms with van der Waals surface area (Å²) in [7, 11) is -2.83. The molecule has 11 aromatic rings. The first-order valence-electron chi connectivity index (χ1n) is 21.0. The average Bonchev–Trinajstić information content (AvgIpc) is 3.69. The van der Waals surface area contributed by atoms with E-state index >= 15 is 0 Å². The molecule has 0 atom stereocenters. The maximum Gasteiger partial charge on any atom is 0.179 e. The second kappa shape index (κ2) is 15.5. The van der Waals surface area contributed by atoms with Crippen LogP contribution in [-0.4, -0.2) is 12.6 Å². The number of nitrogens with zero attached hydrogens (tertiary/aromatic N) is 2. The van der Waals surface area contributed by atoms with Gasteiger partial charge in [0.25, 0.3) is 0 Å². The van der Waals surface area contributed by atoms with Crippen LogP contribution >= 0.6 is 0 Å². The Morgan fingerprint density at radius 3 is 1.52 bits per heavy atom. The van der Waals surface area contributed by atoms with E-state index in [9.17, 15) is 0 Å². The van der Waals surface area contributed by atoms with Crippen molar-refractivity contribution in [2.45, 2.75) is 0 Å². The summed E-state index contributed by atoms with van der Waals surface area (Å²) in [5.41, 5.74) is 9.25. The zero-order chi connectivity index (χ0) is 40.6. The molecule has 0 fully saturated rings. The van der Waals surface area contributed by atoms with Gasteiger partial charge in [-0.2, -0.15) is 0 Å². The van der Waals surface area contributed by atoms with Crippen molar-refractivity contribution < 1.29 is 0 Å². The van der Waals surface area contributed by atoms with E-state index in [2.05, 4.69) is 264 Å². The molecule has 1 heterocycles. The molecular weight excluding hydrogens is 753 g/mol. The van der Waals surface area contributed by atoms with Gasteiger partial charge in [-0.25, -0.2) is 0 Å². The van der Waals surface area contributed by atoms with E-state index in [1.807, 2.05) is 0 Å². The summed E-state index contributed by atoms with van der Waals surface area (Å²) in [4.78, 5) is 2.49. The molecule has 11 rings (SSSR count). The summed E-state index contributed by atoms with van der Waals surface area (Å²) in [6, 6.07) is 93.7. The number of hydrogen-bond acceptors (Lipinski definition) is 1. The van der Waals surface area contributed by atoms with Gasteiger partial charge in [0, 0.05) is 27.8 Å². The Hall–Kier alpha value is -7.72. The SMILES string of the molecule is c1ccc(-n2c3ccccc3c3c(N(c4ccc(-c5cccc6ccccc56)cc4)c4cccc([Si](c5ccccc5)(c5ccccc5)c5ccccc5)c4)cccc32)cc1. The molecule has 0 spiro atoms. The van der Waals surface area contributed by atoms with Crippen LogP contribution in [0.4, 0.5) is 17.1 Å². The molecule has 0 amide bonds. The fraction of sp³-hybridized carbons (Fsp3) is 0. The van der Waals surface area contributed by atoms with Crippen LogP contribution in [-0.2, 0) is 0 Å². The molecule has 0 aliphatic carbocycles. The fourth-order valence-corrected chi connectivity index (χ4v) is 14.5. The van der Waals surface area contributed by atoms with Crippen LogP contribution in [0.15, 0.2) is 255 Å². The first kappa shape index (κ1) is 36.4. The highest BCUT2D eigenvalue weighted by atomic mass is 28.3. The minimum Gasteiger partial charge on any atom is -0.310 e. The monoisotopic (exact) mass is 794 g/mol. The Morgan fingerprint density at radius 1 is 0.344 bits per heavy atom. The third kappa shape index (κ3) is 6.18. The minimum atomic E-state index is -2.83. The van der Waals surface area contributed by atoms with Crippen LogP contribution in [0.3, 0.4) is 0 Å². The largest absolute Gasteiger partial charge is 0.310 e. The highest BCUT2D eigenvalue weighted by Crippen LogP contribution is 2.44. The van der Waals surface area contributed by atoms with Gasteiger partial charge in [-0.05, 0) is 97.2 Å². The lowest BCUT2D eigenvalue weighted by molar-refractivity contribution is 1.18. The van der Waals surface area contributed by atoms with Crippen molar-refractivity contribution >= 4 is 78.5 Å². The third-order valence-electron chi connectivity index (χ3n) is 12.3. The zero-order valence-electron chi connectivity index (χ0n) is 33.6. The summed E-state index contributed by atoms with van der Waals surface area (Å²) in [6.07, 6.45) is 0. The van der Waals surface area contributed by atoms with E-state index < -0.39 is 8.07 Å². The van der Waals surface area contributed by atoms with Gasteiger partial charge in [0.15, 0.2) is 8.07 Å². The van der Waals surface area contributed by atoms with Crippen LogP contribution < -0.4 is 25.6 Å². The van der Waals surface area contributed by atoms with Gasteiger partial charge in [-0.15, -0.1) is 0 Å². The number of para-hydroxylation sites is 2. The van der Waals surface area contributed by atoms with Crippen LogP contribution in [0.2, 0.25) is 0 Å². The molecule has 0 aliphatic rings. The molecule has 0 aliphatic heterocycles. The van der Waals surface area contributed by atoms with Crippen molar-refractivity contribution in [2.24, 2.45) is 0 Å². The van der Waals surface area contributed by atoms with Gasteiger partial charge in [0.2, 0.25) is 0 Å². The first-order chi connectivity index (χ1) is 30.3. The van der Waals surface area contributed by atoms with E-state index in [1.165, 1.54) is 64.5 Å². The van der Waals surface area contributed by atoms with Crippen LogP contribution in [0.5, 0.6) is 0 Å². The van der Waals surface area contributed by atoms with Gasteiger partial charge < -0.3 is 9.47 Å². The van der Waals surface area contributed by atoms with E-state index in [4.69, 9.17) is 0 Å². The average molecular weight is 795 g/mol. The molecule has 1 aromatic heterocycles. The van der Waals surface area contributed by atoms with Crippen molar-refractivity contribution in [3.63, 3.8) is 0 Å². The second-order valence-corrected chi connectivity index (χ2v) is 19.5. The van der Waals surface area contributed by atoms with Gasteiger partial charge in [-0.1, -0.05) is 200 Å². The molecule has 288 valence electrons. The molecule has 0 radical (unpaired) electrons. The summed E-state index contributed by atoms with van der Waals surface area (Å²) in [6.45, 7) is 0. The Balaban J connectivity index is 1.18. The van der Waals surface area contributed by atoms with E-state index in [0.717, 1.165) is 22.7 Å².